The number of fused-ring (bicyclic) bond motifs is 1. The Morgan fingerprint density at radius 3 is 2.76 bits per heavy atom. The fourth-order valence-electron chi connectivity index (χ4n) is 3.25. The summed E-state index contributed by atoms with van der Waals surface area (Å²) < 4.78 is 2.36. The van der Waals surface area contributed by atoms with E-state index >= 15 is 0 Å². The van der Waals surface area contributed by atoms with E-state index in [4.69, 9.17) is 39.8 Å². The predicted octanol–water partition coefficient (Wildman–Crippen LogP) is 5.58. The maximum atomic E-state index is 6.22. The van der Waals surface area contributed by atoms with Crippen molar-refractivity contribution in [3.05, 3.63) is 28.0 Å². The molecule has 0 amide bonds. The van der Waals surface area contributed by atoms with Crippen LogP contribution in [0, 0.1) is 0 Å². The van der Waals surface area contributed by atoms with Gasteiger partial charge in [-0.3, -0.25) is 0 Å². The zero-order valence-electron chi connectivity index (χ0n) is 11.8. The van der Waals surface area contributed by atoms with E-state index in [1.165, 1.54) is 19.3 Å². The van der Waals surface area contributed by atoms with E-state index in [-0.39, 0.29) is 0 Å². The highest BCUT2D eigenvalue weighted by molar-refractivity contribution is 7.99. The zero-order valence-corrected chi connectivity index (χ0v) is 14.9. The molecule has 1 aliphatic rings. The summed E-state index contributed by atoms with van der Waals surface area (Å²) in [7, 11) is 0. The molecule has 2 unspecified atom stereocenters. The number of rotatable bonds is 4. The standard InChI is InChI=1S/C15H17Cl3N2S/c1-21-14-4-2-3-12(14)20-13-8-10(18)9(17)7-11(13)19-15(20)5-6-16/h7-8,12,14H,2-6H2,1H3. The van der Waals surface area contributed by atoms with Gasteiger partial charge in [0.1, 0.15) is 5.82 Å². The van der Waals surface area contributed by atoms with Gasteiger partial charge in [0.2, 0.25) is 0 Å². The van der Waals surface area contributed by atoms with E-state index < -0.39 is 0 Å². The van der Waals surface area contributed by atoms with Gasteiger partial charge in [-0.05, 0) is 31.2 Å². The van der Waals surface area contributed by atoms with Gasteiger partial charge in [0, 0.05) is 23.6 Å². The summed E-state index contributed by atoms with van der Waals surface area (Å²) in [6.45, 7) is 0. The Bertz CT molecular complexity index is 656. The van der Waals surface area contributed by atoms with Crippen LogP contribution in [0.5, 0.6) is 0 Å². The first-order chi connectivity index (χ1) is 10.2. The van der Waals surface area contributed by atoms with E-state index in [1.807, 2.05) is 23.9 Å². The molecule has 0 aliphatic heterocycles. The van der Waals surface area contributed by atoms with E-state index in [0.717, 1.165) is 23.3 Å². The monoisotopic (exact) mass is 362 g/mol. The fraction of sp³-hybridized carbons (Fsp3) is 0.533. The summed E-state index contributed by atoms with van der Waals surface area (Å²) in [5, 5.41) is 1.77. The fourth-order valence-corrected chi connectivity index (χ4v) is 4.71. The van der Waals surface area contributed by atoms with Crippen molar-refractivity contribution in [1.82, 2.24) is 9.55 Å². The number of hydrogen-bond acceptors (Lipinski definition) is 2. The predicted molar refractivity (Wildman–Crippen MR) is 94.4 cm³/mol. The molecule has 2 aromatic rings. The topological polar surface area (TPSA) is 17.8 Å². The van der Waals surface area contributed by atoms with Crippen molar-refractivity contribution in [3.8, 4) is 0 Å². The first-order valence-corrected chi connectivity index (χ1v) is 9.68. The van der Waals surface area contributed by atoms with Crippen LogP contribution in [-0.2, 0) is 6.42 Å². The van der Waals surface area contributed by atoms with Crippen molar-refractivity contribution >= 4 is 57.6 Å². The Labute approximate surface area is 144 Å². The smallest absolute Gasteiger partial charge is 0.111 e. The first kappa shape index (κ1) is 15.8. The Balaban J connectivity index is 2.17. The van der Waals surface area contributed by atoms with Gasteiger partial charge in [0.25, 0.3) is 0 Å². The molecule has 0 spiro atoms. The highest BCUT2D eigenvalue weighted by atomic mass is 35.5. The van der Waals surface area contributed by atoms with Gasteiger partial charge in [-0.2, -0.15) is 11.8 Å². The Morgan fingerprint density at radius 2 is 2.05 bits per heavy atom. The second-order valence-electron chi connectivity index (χ2n) is 5.36. The van der Waals surface area contributed by atoms with Crippen LogP contribution in [0.1, 0.15) is 31.1 Å². The lowest BCUT2D eigenvalue weighted by Gasteiger charge is -2.22. The van der Waals surface area contributed by atoms with Crippen molar-refractivity contribution in [2.24, 2.45) is 0 Å². The normalized spacial score (nSPS) is 22.3. The number of nitrogens with zero attached hydrogens (tertiary/aromatic N) is 2. The number of halogens is 3. The summed E-state index contributed by atoms with van der Waals surface area (Å²) in [6.07, 6.45) is 6.66. The third-order valence-electron chi connectivity index (χ3n) is 4.17. The first-order valence-electron chi connectivity index (χ1n) is 7.10. The number of aryl methyl sites for hydroxylation is 1. The third kappa shape index (κ3) is 2.90. The van der Waals surface area contributed by atoms with Crippen molar-refractivity contribution in [3.63, 3.8) is 0 Å². The number of alkyl halides is 1. The molecule has 1 saturated carbocycles. The van der Waals surface area contributed by atoms with Crippen molar-refractivity contribution < 1.29 is 0 Å². The second-order valence-corrected chi connectivity index (χ2v) is 7.63. The maximum absolute atomic E-state index is 6.22. The van der Waals surface area contributed by atoms with Gasteiger partial charge < -0.3 is 4.57 Å². The van der Waals surface area contributed by atoms with E-state index in [0.29, 0.717) is 27.2 Å². The molecule has 1 aromatic heterocycles. The minimum absolute atomic E-state index is 0.473. The molecule has 6 heteroatoms. The van der Waals surface area contributed by atoms with Gasteiger partial charge >= 0.3 is 0 Å². The summed E-state index contributed by atoms with van der Waals surface area (Å²) in [5.74, 6) is 1.62. The van der Waals surface area contributed by atoms with E-state index in [9.17, 15) is 0 Å². The maximum Gasteiger partial charge on any atom is 0.111 e. The van der Waals surface area contributed by atoms with Crippen LogP contribution in [0.3, 0.4) is 0 Å². The van der Waals surface area contributed by atoms with Crippen molar-refractivity contribution in [2.45, 2.75) is 37.0 Å². The molecule has 1 aliphatic carbocycles. The van der Waals surface area contributed by atoms with Gasteiger partial charge in [-0.1, -0.05) is 29.6 Å². The molecule has 0 saturated heterocycles. The highest BCUT2D eigenvalue weighted by Gasteiger charge is 2.31. The lowest BCUT2D eigenvalue weighted by molar-refractivity contribution is 0.522. The molecule has 0 bridgehead atoms. The van der Waals surface area contributed by atoms with Gasteiger partial charge in [0.05, 0.1) is 21.1 Å². The molecular formula is C15H17Cl3N2S. The molecule has 114 valence electrons. The van der Waals surface area contributed by atoms with Crippen molar-refractivity contribution in [2.75, 3.05) is 12.1 Å². The molecule has 2 atom stereocenters. The van der Waals surface area contributed by atoms with Crippen LogP contribution in [0.15, 0.2) is 12.1 Å². The van der Waals surface area contributed by atoms with Gasteiger partial charge in [-0.15, -0.1) is 11.6 Å². The summed E-state index contributed by atoms with van der Waals surface area (Å²) >= 11 is 20.3. The minimum atomic E-state index is 0.473. The SMILES string of the molecule is CSC1CCCC1n1c(CCCl)nc2cc(Cl)c(Cl)cc21. The Hall–Kier alpha value is -0.0900. The molecular weight excluding hydrogens is 347 g/mol. The Kier molecular flexibility index (Phi) is 4.94. The van der Waals surface area contributed by atoms with Crippen LogP contribution in [-0.4, -0.2) is 26.9 Å². The zero-order chi connectivity index (χ0) is 15.0. The molecule has 1 fully saturated rings. The second kappa shape index (κ2) is 6.57. The number of imidazole rings is 1. The van der Waals surface area contributed by atoms with E-state index in [2.05, 4.69) is 10.8 Å². The van der Waals surface area contributed by atoms with Crippen LogP contribution >= 0.6 is 46.6 Å². The van der Waals surface area contributed by atoms with Crippen LogP contribution in [0.2, 0.25) is 10.0 Å². The highest BCUT2D eigenvalue weighted by Crippen LogP contribution is 2.41. The van der Waals surface area contributed by atoms with Crippen LogP contribution in [0.4, 0.5) is 0 Å². The third-order valence-corrected chi connectivity index (χ3v) is 6.24. The van der Waals surface area contributed by atoms with Gasteiger partial charge in [0.15, 0.2) is 0 Å². The number of thioether (sulfide) groups is 1. The number of aromatic nitrogens is 2. The molecule has 3 rings (SSSR count). The van der Waals surface area contributed by atoms with E-state index in [1.54, 1.807) is 0 Å². The van der Waals surface area contributed by atoms with Gasteiger partial charge in [-0.25, -0.2) is 4.98 Å². The number of hydrogen-bond donors (Lipinski definition) is 0. The Morgan fingerprint density at radius 1 is 1.29 bits per heavy atom. The number of benzene rings is 1. The quantitative estimate of drug-likeness (QED) is 0.660. The molecule has 1 aromatic carbocycles. The molecule has 0 N–H and O–H groups in total. The molecule has 21 heavy (non-hydrogen) atoms. The lowest BCUT2D eigenvalue weighted by Crippen LogP contribution is -2.18. The largest absolute Gasteiger partial charge is 0.324 e. The average Bonchev–Trinajstić information content (AvgIpc) is 3.03. The molecule has 0 radical (unpaired) electrons. The summed E-state index contributed by atoms with van der Waals surface area (Å²) in [6, 6.07) is 4.27. The molecule has 2 nitrogen and oxygen atoms in total. The molecule has 1 heterocycles. The van der Waals surface area contributed by atoms with Crippen LogP contribution < -0.4 is 0 Å². The van der Waals surface area contributed by atoms with Crippen LogP contribution in [0.25, 0.3) is 11.0 Å². The average molecular weight is 364 g/mol. The lowest BCUT2D eigenvalue weighted by atomic mass is 10.2. The van der Waals surface area contributed by atoms with Crippen molar-refractivity contribution in [1.29, 1.82) is 0 Å². The summed E-state index contributed by atoms with van der Waals surface area (Å²) in [5.41, 5.74) is 1.99. The minimum Gasteiger partial charge on any atom is -0.324 e. The summed E-state index contributed by atoms with van der Waals surface area (Å²) in [4.78, 5) is 4.74.